The van der Waals surface area contributed by atoms with E-state index in [9.17, 15) is 0 Å². The van der Waals surface area contributed by atoms with Crippen molar-refractivity contribution in [1.29, 1.82) is 0 Å². The summed E-state index contributed by atoms with van der Waals surface area (Å²) < 4.78 is 16.9. The molecule has 8 heteroatoms. The number of nitrogens with zero attached hydrogens (tertiary/aromatic N) is 6. The van der Waals surface area contributed by atoms with Gasteiger partial charge in [-0.1, -0.05) is 109 Å². The predicted octanol–water partition coefficient (Wildman–Crippen LogP) is 14.3. The first kappa shape index (κ1) is 34.8. The Morgan fingerprint density at radius 2 is 0.812 bits per heavy atom. The summed E-state index contributed by atoms with van der Waals surface area (Å²) in [6.07, 6.45) is 0. The SMILES string of the molecule is c1ccc(-c2cccc(-n3c4ccccc4c4c5c6ccccc6n(-c6nc(-c7ccc8oc9ccccc9c8c7)nc(-c7ccc8oc9ccccc9c8c7)n6)c5ccc43)n2)cc1. The molecule has 0 aliphatic rings. The van der Waals surface area contributed by atoms with E-state index in [1.807, 2.05) is 66.7 Å². The van der Waals surface area contributed by atoms with Crippen molar-refractivity contribution in [3.8, 4) is 45.8 Å². The Hall–Kier alpha value is -8.88. The minimum Gasteiger partial charge on any atom is -0.456 e. The number of hydrogen-bond donors (Lipinski definition) is 0. The Kier molecular flexibility index (Phi) is 7.23. The molecule has 0 radical (unpaired) electrons. The summed E-state index contributed by atoms with van der Waals surface area (Å²) in [5, 5.41) is 8.57. The molecule has 0 aliphatic heterocycles. The van der Waals surface area contributed by atoms with Gasteiger partial charge in [0.1, 0.15) is 28.1 Å². The molecule has 8 nitrogen and oxygen atoms in total. The Bertz CT molecular complexity index is 4080. The molecule has 8 aromatic carbocycles. The van der Waals surface area contributed by atoms with Crippen LogP contribution in [-0.4, -0.2) is 29.1 Å². The first-order chi connectivity index (χ1) is 31.7. The van der Waals surface area contributed by atoms with Crippen molar-refractivity contribution < 1.29 is 8.83 Å². The second-order valence-corrected chi connectivity index (χ2v) is 16.2. The van der Waals surface area contributed by atoms with Gasteiger partial charge in [0.2, 0.25) is 5.95 Å². The third-order valence-electron chi connectivity index (χ3n) is 12.6. The van der Waals surface area contributed by atoms with E-state index in [0.717, 1.165) is 116 Å². The van der Waals surface area contributed by atoms with Crippen molar-refractivity contribution in [2.24, 2.45) is 0 Å². The number of pyridine rings is 1. The molecule has 0 unspecified atom stereocenters. The molecule has 0 aliphatic carbocycles. The molecule has 6 heterocycles. The zero-order valence-electron chi connectivity index (χ0n) is 34.0. The molecule has 298 valence electrons. The highest BCUT2D eigenvalue weighted by Crippen LogP contribution is 2.43. The number of benzene rings is 8. The van der Waals surface area contributed by atoms with E-state index in [4.69, 9.17) is 28.8 Å². The van der Waals surface area contributed by atoms with E-state index in [-0.39, 0.29) is 0 Å². The van der Waals surface area contributed by atoms with Gasteiger partial charge in [-0.15, -0.1) is 0 Å². The molecule has 0 atom stereocenters. The third-order valence-corrected chi connectivity index (χ3v) is 12.6. The number of furan rings is 2. The second kappa shape index (κ2) is 13.3. The standard InChI is InChI=1S/C56H32N6O2/c1-2-13-33(14-3-1)42-19-12-24-51(57-42)61-43-20-8-4-17-38(43)52-45(61)27-28-46-53(52)39-18-5-9-21-44(39)62(46)56-59-54(34-25-29-49-40(31-34)36-15-6-10-22-47(36)63-49)58-55(60-56)35-26-30-50-41(32-35)37-16-7-11-23-48(37)64-50/h1-32H. The van der Waals surface area contributed by atoms with Crippen molar-refractivity contribution in [2.45, 2.75) is 0 Å². The Morgan fingerprint density at radius 1 is 0.312 bits per heavy atom. The monoisotopic (exact) mass is 820 g/mol. The zero-order valence-corrected chi connectivity index (χ0v) is 34.0. The van der Waals surface area contributed by atoms with Crippen LogP contribution in [0.1, 0.15) is 0 Å². The molecule has 0 bridgehead atoms. The van der Waals surface area contributed by atoms with Crippen LogP contribution in [0.2, 0.25) is 0 Å². The average Bonchev–Trinajstić information content (AvgIpc) is 4.11. The Balaban J connectivity index is 1.04. The maximum Gasteiger partial charge on any atom is 0.238 e. The molecule has 0 saturated heterocycles. The molecule has 14 aromatic rings. The predicted molar refractivity (Wildman–Crippen MR) is 257 cm³/mol. The van der Waals surface area contributed by atoms with Crippen molar-refractivity contribution in [3.63, 3.8) is 0 Å². The topological polar surface area (TPSA) is 87.7 Å². The second-order valence-electron chi connectivity index (χ2n) is 16.2. The fraction of sp³-hybridized carbons (Fsp3) is 0. The first-order valence-electron chi connectivity index (χ1n) is 21.3. The van der Waals surface area contributed by atoms with Crippen molar-refractivity contribution in [3.05, 3.63) is 194 Å². The van der Waals surface area contributed by atoms with E-state index >= 15 is 0 Å². The summed E-state index contributed by atoms with van der Waals surface area (Å²) in [6, 6.07) is 66.7. The fourth-order valence-corrected chi connectivity index (χ4v) is 9.75. The molecular formula is C56H32N6O2. The number of hydrogen-bond acceptors (Lipinski definition) is 6. The van der Waals surface area contributed by atoms with E-state index in [0.29, 0.717) is 17.6 Å². The van der Waals surface area contributed by atoms with Crippen molar-refractivity contribution >= 4 is 87.5 Å². The largest absolute Gasteiger partial charge is 0.456 e. The van der Waals surface area contributed by atoms with Gasteiger partial charge < -0.3 is 8.83 Å². The summed E-state index contributed by atoms with van der Waals surface area (Å²) >= 11 is 0. The van der Waals surface area contributed by atoms with Gasteiger partial charge in [0.05, 0.1) is 27.8 Å². The molecule has 0 saturated carbocycles. The van der Waals surface area contributed by atoms with Crippen LogP contribution < -0.4 is 0 Å². The molecule has 14 rings (SSSR count). The maximum absolute atomic E-state index is 6.23. The number of para-hydroxylation sites is 4. The van der Waals surface area contributed by atoms with Gasteiger partial charge in [0.15, 0.2) is 11.6 Å². The lowest BCUT2D eigenvalue weighted by Gasteiger charge is -2.11. The molecule has 0 amide bonds. The highest BCUT2D eigenvalue weighted by Gasteiger charge is 2.24. The molecule has 6 aromatic heterocycles. The van der Waals surface area contributed by atoms with Gasteiger partial charge in [-0.2, -0.15) is 9.97 Å². The summed E-state index contributed by atoms with van der Waals surface area (Å²) in [4.78, 5) is 21.2. The van der Waals surface area contributed by atoms with Gasteiger partial charge in [0, 0.05) is 59.8 Å². The lowest BCUT2D eigenvalue weighted by molar-refractivity contribution is 0.668. The zero-order chi connectivity index (χ0) is 41.9. The van der Waals surface area contributed by atoms with Crippen LogP contribution in [0.4, 0.5) is 0 Å². The number of aromatic nitrogens is 6. The summed E-state index contributed by atoms with van der Waals surface area (Å²) in [7, 11) is 0. The maximum atomic E-state index is 6.23. The minimum absolute atomic E-state index is 0.515. The average molecular weight is 821 g/mol. The van der Waals surface area contributed by atoms with Gasteiger partial charge >= 0.3 is 0 Å². The third kappa shape index (κ3) is 5.11. The smallest absolute Gasteiger partial charge is 0.238 e. The van der Waals surface area contributed by atoms with Gasteiger partial charge in [0.25, 0.3) is 0 Å². The Morgan fingerprint density at radius 3 is 1.42 bits per heavy atom. The van der Waals surface area contributed by atoms with Gasteiger partial charge in [-0.25, -0.2) is 9.97 Å². The lowest BCUT2D eigenvalue weighted by Crippen LogP contribution is -2.06. The first-order valence-corrected chi connectivity index (χ1v) is 21.3. The van der Waals surface area contributed by atoms with Crippen LogP contribution in [0.15, 0.2) is 203 Å². The van der Waals surface area contributed by atoms with Crippen LogP contribution in [0, 0.1) is 0 Å². The lowest BCUT2D eigenvalue weighted by atomic mass is 10.1. The quantitative estimate of drug-likeness (QED) is 0.172. The van der Waals surface area contributed by atoms with Crippen molar-refractivity contribution in [1.82, 2.24) is 29.1 Å². The van der Waals surface area contributed by atoms with Crippen LogP contribution in [-0.2, 0) is 0 Å². The van der Waals surface area contributed by atoms with Crippen LogP contribution in [0.5, 0.6) is 0 Å². The molecule has 0 spiro atoms. The molecular weight excluding hydrogens is 789 g/mol. The molecule has 64 heavy (non-hydrogen) atoms. The summed E-state index contributed by atoms with van der Waals surface area (Å²) in [6.45, 7) is 0. The van der Waals surface area contributed by atoms with E-state index < -0.39 is 0 Å². The highest BCUT2D eigenvalue weighted by molar-refractivity contribution is 6.28. The summed E-state index contributed by atoms with van der Waals surface area (Å²) in [5.74, 6) is 2.47. The normalized spacial score (nSPS) is 12.1. The highest BCUT2D eigenvalue weighted by atomic mass is 16.3. The van der Waals surface area contributed by atoms with Gasteiger partial charge in [-0.05, 0) is 84.9 Å². The van der Waals surface area contributed by atoms with Crippen LogP contribution in [0.25, 0.3) is 133 Å². The van der Waals surface area contributed by atoms with Gasteiger partial charge in [-0.3, -0.25) is 9.13 Å². The molecule has 0 fully saturated rings. The van der Waals surface area contributed by atoms with Crippen LogP contribution in [0.3, 0.4) is 0 Å². The van der Waals surface area contributed by atoms with Crippen LogP contribution >= 0.6 is 0 Å². The Labute approximate surface area is 363 Å². The molecule has 0 N–H and O–H groups in total. The fourth-order valence-electron chi connectivity index (χ4n) is 9.75. The van der Waals surface area contributed by atoms with E-state index in [2.05, 4.69) is 137 Å². The van der Waals surface area contributed by atoms with E-state index in [1.165, 1.54) is 0 Å². The number of fused-ring (bicyclic) bond motifs is 13. The number of rotatable bonds is 5. The van der Waals surface area contributed by atoms with Crippen molar-refractivity contribution in [2.75, 3.05) is 0 Å². The summed E-state index contributed by atoms with van der Waals surface area (Å²) in [5.41, 5.74) is 11.1. The van der Waals surface area contributed by atoms with E-state index in [1.54, 1.807) is 0 Å². The minimum atomic E-state index is 0.515.